The van der Waals surface area contributed by atoms with Crippen molar-refractivity contribution >= 4 is 28.4 Å². The van der Waals surface area contributed by atoms with Crippen LogP contribution in [0.15, 0.2) is 52.1 Å². The molecule has 1 aromatic heterocycles. The van der Waals surface area contributed by atoms with Gasteiger partial charge in [-0.05, 0) is 44.6 Å². The van der Waals surface area contributed by atoms with E-state index in [4.69, 9.17) is 9.15 Å². The first-order valence-corrected chi connectivity index (χ1v) is 11.0. The van der Waals surface area contributed by atoms with Crippen molar-refractivity contribution in [2.75, 3.05) is 5.75 Å². The van der Waals surface area contributed by atoms with Crippen molar-refractivity contribution in [1.82, 2.24) is 15.1 Å². The van der Waals surface area contributed by atoms with Crippen LogP contribution in [0.5, 0.6) is 5.75 Å². The normalized spacial score (nSPS) is 19.4. The van der Waals surface area contributed by atoms with Gasteiger partial charge >= 0.3 is 0 Å². The van der Waals surface area contributed by atoms with Crippen molar-refractivity contribution in [3.05, 3.63) is 48.4 Å². The van der Waals surface area contributed by atoms with Crippen LogP contribution in [0.25, 0.3) is 10.8 Å². The Labute approximate surface area is 174 Å². The van der Waals surface area contributed by atoms with Crippen LogP contribution in [0.4, 0.5) is 0 Å². The van der Waals surface area contributed by atoms with E-state index in [0.717, 1.165) is 29.4 Å². The number of likely N-dealkylation sites (tertiary alicyclic amines) is 1. The molecule has 0 spiro atoms. The molecule has 4 rings (SSSR count). The number of thioether (sulfide) groups is 1. The molecule has 2 unspecified atom stereocenters. The predicted octanol–water partition coefficient (Wildman–Crippen LogP) is 4.68. The molecule has 1 aliphatic rings. The number of ether oxygens (including phenoxy) is 1. The summed E-state index contributed by atoms with van der Waals surface area (Å²) in [5.74, 6) is 1.60. The maximum atomic E-state index is 12.6. The summed E-state index contributed by atoms with van der Waals surface area (Å²) in [6.45, 7) is 4.43. The van der Waals surface area contributed by atoms with Crippen LogP contribution < -0.4 is 4.74 Å². The Morgan fingerprint density at radius 1 is 1.14 bits per heavy atom. The van der Waals surface area contributed by atoms with E-state index in [9.17, 15) is 4.79 Å². The lowest BCUT2D eigenvalue weighted by Gasteiger charge is -2.39. The van der Waals surface area contributed by atoms with Crippen molar-refractivity contribution in [1.29, 1.82) is 0 Å². The Morgan fingerprint density at radius 2 is 1.90 bits per heavy atom. The van der Waals surface area contributed by atoms with Crippen molar-refractivity contribution in [2.24, 2.45) is 0 Å². The summed E-state index contributed by atoms with van der Waals surface area (Å²) in [6, 6.07) is 14.6. The molecule has 0 radical (unpaired) electrons. The Hall–Kier alpha value is -2.54. The number of hydrogen-bond acceptors (Lipinski definition) is 6. The lowest BCUT2D eigenvalue weighted by atomic mass is 9.98. The standard InChI is InChI=1S/C22H25N3O3S/c1-15-7-5-8-16(2)25(15)21(26)14-29-22-24-23-20(28-22)13-27-19-12-6-10-17-9-3-4-11-18(17)19/h3-4,6,9-12,15-16H,5,7-8,13-14H2,1-2H3. The molecule has 2 heterocycles. The van der Waals surface area contributed by atoms with Crippen LogP contribution >= 0.6 is 11.8 Å². The molecule has 1 fully saturated rings. The zero-order chi connectivity index (χ0) is 20.2. The maximum absolute atomic E-state index is 12.6. The molecule has 6 nitrogen and oxygen atoms in total. The molecule has 7 heteroatoms. The van der Waals surface area contributed by atoms with Crippen LogP contribution in [0.2, 0.25) is 0 Å². The molecule has 152 valence electrons. The number of carbonyl (C=O) groups is 1. The Morgan fingerprint density at radius 3 is 2.72 bits per heavy atom. The van der Waals surface area contributed by atoms with E-state index in [1.54, 1.807) is 0 Å². The molecule has 29 heavy (non-hydrogen) atoms. The van der Waals surface area contributed by atoms with Gasteiger partial charge < -0.3 is 14.1 Å². The molecular formula is C22H25N3O3S. The number of nitrogens with zero attached hydrogens (tertiary/aromatic N) is 3. The largest absolute Gasteiger partial charge is 0.483 e. The van der Waals surface area contributed by atoms with Gasteiger partial charge in [0.15, 0.2) is 6.61 Å². The first kappa shape index (κ1) is 19.8. The first-order valence-electron chi connectivity index (χ1n) is 9.98. The molecule has 2 aromatic carbocycles. The predicted molar refractivity (Wildman–Crippen MR) is 113 cm³/mol. The molecule has 3 aromatic rings. The Bertz CT molecular complexity index is 975. The Balaban J connectivity index is 1.33. The molecule has 1 aliphatic heterocycles. The molecular weight excluding hydrogens is 386 g/mol. The van der Waals surface area contributed by atoms with E-state index in [0.29, 0.717) is 29.0 Å². The third kappa shape index (κ3) is 4.56. The van der Waals surface area contributed by atoms with Gasteiger partial charge in [-0.25, -0.2) is 0 Å². The molecule has 1 saturated heterocycles. The first-order chi connectivity index (χ1) is 14.1. The highest BCUT2D eigenvalue weighted by molar-refractivity contribution is 7.99. The highest BCUT2D eigenvalue weighted by Crippen LogP contribution is 2.27. The molecule has 2 atom stereocenters. The zero-order valence-electron chi connectivity index (χ0n) is 16.7. The van der Waals surface area contributed by atoms with E-state index in [1.807, 2.05) is 47.4 Å². The van der Waals surface area contributed by atoms with Gasteiger partial charge in [0.05, 0.1) is 5.75 Å². The summed E-state index contributed by atoms with van der Waals surface area (Å²) < 4.78 is 11.5. The van der Waals surface area contributed by atoms with Crippen LogP contribution in [-0.4, -0.2) is 38.8 Å². The van der Waals surface area contributed by atoms with Gasteiger partial charge in [0.2, 0.25) is 5.91 Å². The van der Waals surface area contributed by atoms with Gasteiger partial charge in [-0.3, -0.25) is 4.79 Å². The van der Waals surface area contributed by atoms with Crippen LogP contribution in [0.1, 0.15) is 39.0 Å². The highest BCUT2D eigenvalue weighted by Gasteiger charge is 2.29. The number of hydrogen-bond donors (Lipinski definition) is 0. The second-order valence-corrected chi connectivity index (χ2v) is 8.37. The smallest absolute Gasteiger partial charge is 0.277 e. The molecule has 1 amide bonds. The van der Waals surface area contributed by atoms with Gasteiger partial charge in [-0.15, -0.1) is 10.2 Å². The second kappa shape index (κ2) is 8.86. The SMILES string of the molecule is CC1CCCC(C)N1C(=O)CSc1nnc(COc2cccc3ccccc23)o1. The van der Waals surface area contributed by atoms with Crippen molar-refractivity contribution in [2.45, 2.75) is 57.0 Å². The third-order valence-electron chi connectivity index (χ3n) is 5.35. The summed E-state index contributed by atoms with van der Waals surface area (Å²) in [6.07, 6.45) is 3.32. The lowest BCUT2D eigenvalue weighted by Crippen LogP contribution is -2.48. The fraction of sp³-hybridized carbons (Fsp3) is 0.409. The van der Waals surface area contributed by atoms with Crippen molar-refractivity contribution in [3.8, 4) is 5.75 Å². The summed E-state index contributed by atoms with van der Waals surface area (Å²) in [4.78, 5) is 14.6. The fourth-order valence-electron chi connectivity index (χ4n) is 3.93. The summed E-state index contributed by atoms with van der Waals surface area (Å²) in [5, 5.41) is 10.6. The second-order valence-electron chi connectivity index (χ2n) is 7.45. The van der Waals surface area contributed by atoms with Crippen molar-refractivity contribution in [3.63, 3.8) is 0 Å². The van der Waals surface area contributed by atoms with Crippen LogP contribution in [-0.2, 0) is 11.4 Å². The van der Waals surface area contributed by atoms with E-state index in [-0.39, 0.29) is 12.5 Å². The Kier molecular flexibility index (Phi) is 6.04. The average Bonchev–Trinajstić information content (AvgIpc) is 3.18. The van der Waals surface area contributed by atoms with Gasteiger partial charge in [0, 0.05) is 17.5 Å². The van der Waals surface area contributed by atoms with E-state index in [2.05, 4.69) is 24.0 Å². The zero-order valence-corrected chi connectivity index (χ0v) is 17.5. The number of rotatable bonds is 6. The van der Waals surface area contributed by atoms with Crippen LogP contribution in [0, 0.1) is 0 Å². The number of amides is 1. The maximum Gasteiger partial charge on any atom is 0.277 e. The number of carbonyl (C=O) groups excluding carboxylic acids is 1. The number of fused-ring (bicyclic) bond motifs is 1. The molecule has 0 bridgehead atoms. The minimum atomic E-state index is 0.126. The number of aromatic nitrogens is 2. The fourth-order valence-corrected chi connectivity index (χ4v) is 4.58. The van der Waals surface area contributed by atoms with E-state index < -0.39 is 0 Å². The van der Waals surface area contributed by atoms with Crippen LogP contribution in [0.3, 0.4) is 0 Å². The van der Waals surface area contributed by atoms with Gasteiger partial charge in [-0.1, -0.05) is 48.2 Å². The van der Waals surface area contributed by atoms with Gasteiger partial charge in [0.25, 0.3) is 11.1 Å². The highest BCUT2D eigenvalue weighted by atomic mass is 32.2. The molecule has 0 aliphatic carbocycles. The minimum absolute atomic E-state index is 0.126. The summed E-state index contributed by atoms with van der Waals surface area (Å²) >= 11 is 1.28. The van der Waals surface area contributed by atoms with Gasteiger partial charge in [-0.2, -0.15) is 0 Å². The van der Waals surface area contributed by atoms with Crippen molar-refractivity contribution < 1.29 is 13.9 Å². The van der Waals surface area contributed by atoms with Gasteiger partial charge in [0.1, 0.15) is 5.75 Å². The lowest BCUT2D eigenvalue weighted by molar-refractivity contribution is -0.134. The molecule has 0 saturated carbocycles. The monoisotopic (exact) mass is 411 g/mol. The quantitative estimate of drug-likeness (QED) is 0.549. The third-order valence-corrected chi connectivity index (χ3v) is 6.15. The summed E-state index contributed by atoms with van der Waals surface area (Å²) in [5.41, 5.74) is 0. The topological polar surface area (TPSA) is 68.5 Å². The average molecular weight is 412 g/mol. The molecule has 0 N–H and O–H groups in total. The van der Waals surface area contributed by atoms with E-state index in [1.165, 1.54) is 18.2 Å². The number of piperidine rings is 1. The summed E-state index contributed by atoms with van der Waals surface area (Å²) in [7, 11) is 0. The van der Waals surface area contributed by atoms with E-state index >= 15 is 0 Å². The number of benzene rings is 2. The minimum Gasteiger partial charge on any atom is -0.483 e.